The van der Waals surface area contributed by atoms with Gasteiger partial charge in [-0.25, -0.2) is 9.59 Å². The van der Waals surface area contributed by atoms with Gasteiger partial charge in [0, 0.05) is 12.1 Å². The van der Waals surface area contributed by atoms with Crippen molar-refractivity contribution in [1.82, 2.24) is 10.3 Å². The molecule has 0 spiro atoms. The Morgan fingerprint density at radius 1 is 1.14 bits per heavy atom. The standard InChI is InChI=1S/C7H8BrNO3.C5H4BrNO3/c1-2-11-7(10)6-3-5(4-8)12-9-6;6-2-3-1-4(5(8)9)7-10-3/h3H,2,4H2,1H3;1H,2H2,(H,8,9). The minimum atomic E-state index is -1.07. The number of carbonyl (C=O) groups is 2. The Hall–Kier alpha value is -1.68. The maximum absolute atomic E-state index is 11.0. The Kier molecular flexibility index (Phi) is 7.82. The summed E-state index contributed by atoms with van der Waals surface area (Å²) in [5, 5.41) is 16.2. The number of carbonyl (C=O) groups excluding carboxylic acids is 1. The van der Waals surface area contributed by atoms with Crippen LogP contribution in [0.2, 0.25) is 0 Å². The molecule has 0 aliphatic rings. The maximum atomic E-state index is 11.0. The first-order chi connectivity index (χ1) is 10.5. The summed E-state index contributed by atoms with van der Waals surface area (Å²) < 4.78 is 14.1. The number of aromatic nitrogens is 2. The predicted octanol–water partition coefficient (Wildman–Crippen LogP) is 3.01. The fourth-order valence-corrected chi connectivity index (χ4v) is 1.68. The Balaban J connectivity index is 0.000000224. The molecular formula is C12H12Br2N2O6. The summed E-state index contributed by atoms with van der Waals surface area (Å²) in [6.07, 6.45) is 0. The van der Waals surface area contributed by atoms with Crippen LogP contribution in [0.25, 0.3) is 0 Å². The van der Waals surface area contributed by atoms with Gasteiger partial charge in [0.1, 0.15) is 11.5 Å². The normalized spacial score (nSPS) is 9.77. The second-order valence-electron chi connectivity index (χ2n) is 3.65. The number of carboxylic acids is 1. The topological polar surface area (TPSA) is 116 Å². The molecule has 0 bridgehead atoms. The van der Waals surface area contributed by atoms with Crippen molar-refractivity contribution in [3.8, 4) is 0 Å². The van der Waals surface area contributed by atoms with Gasteiger partial charge >= 0.3 is 11.9 Å². The second kappa shape index (κ2) is 9.36. The molecule has 2 rings (SSSR count). The zero-order valence-electron chi connectivity index (χ0n) is 11.4. The summed E-state index contributed by atoms with van der Waals surface area (Å²) in [6.45, 7) is 2.08. The quantitative estimate of drug-likeness (QED) is 0.558. The highest BCUT2D eigenvalue weighted by molar-refractivity contribution is 9.08. The van der Waals surface area contributed by atoms with E-state index in [9.17, 15) is 9.59 Å². The van der Waals surface area contributed by atoms with Crippen LogP contribution in [-0.4, -0.2) is 34.0 Å². The molecule has 0 fully saturated rings. The maximum Gasteiger partial charge on any atom is 0.360 e. The third-order valence-electron chi connectivity index (χ3n) is 2.09. The summed E-state index contributed by atoms with van der Waals surface area (Å²) >= 11 is 6.27. The van der Waals surface area contributed by atoms with Crippen molar-refractivity contribution in [3.05, 3.63) is 35.0 Å². The van der Waals surface area contributed by atoms with E-state index in [1.165, 1.54) is 6.07 Å². The van der Waals surface area contributed by atoms with E-state index in [4.69, 9.17) is 14.4 Å². The predicted molar refractivity (Wildman–Crippen MR) is 81.2 cm³/mol. The lowest BCUT2D eigenvalue weighted by atomic mass is 10.4. The number of nitrogens with zero attached hydrogens (tertiary/aromatic N) is 2. The molecule has 0 unspecified atom stereocenters. The fourth-order valence-electron chi connectivity index (χ4n) is 1.15. The molecule has 0 aromatic carbocycles. The second-order valence-corrected chi connectivity index (χ2v) is 4.77. The van der Waals surface area contributed by atoms with E-state index >= 15 is 0 Å². The Bertz CT molecular complexity index is 625. The van der Waals surface area contributed by atoms with Crippen molar-refractivity contribution in [1.29, 1.82) is 0 Å². The number of alkyl halides is 2. The van der Waals surface area contributed by atoms with Crippen molar-refractivity contribution in [3.63, 3.8) is 0 Å². The molecule has 0 saturated carbocycles. The van der Waals surface area contributed by atoms with Crippen molar-refractivity contribution in [2.24, 2.45) is 0 Å². The number of hydrogen-bond acceptors (Lipinski definition) is 7. The van der Waals surface area contributed by atoms with Crippen LogP contribution in [-0.2, 0) is 15.4 Å². The van der Waals surface area contributed by atoms with Crippen molar-refractivity contribution in [2.75, 3.05) is 6.61 Å². The molecule has 2 aromatic rings. The highest BCUT2D eigenvalue weighted by Crippen LogP contribution is 2.08. The number of carboxylic acid groups (broad SMARTS) is 1. The molecule has 0 aliphatic carbocycles. The van der Waals surface area contributed by atoms with Gasteiger partial charge in [0.25, 0.3) is 0 Å². The summed E-state index contributed by atoms with van der Waals surface area (Å²) in [7, 11) is 0. The number of ether oxygens (including phenoxy) is 1. The first-order valence-electron chi connectivity index (χ1n) is 5.95. The van der Waals surface area contributed by atoms with Gasteiger partial charge in [0.2, 0.25) is 0 Å². The van der Waals surface area contributed by atoms with Gasteiger partial charge in [-0.15, -0.1) is 0 Å². The molecule has 2 aromatic heterocycles. The minimum Gasteiger partial charge on any atom is -0.476 e. The first kappa shape index (κ1) is 18.4. The molecular weight excluding hydrogens is 428 g/mol. The molecule has 2 heterocycles. The zero-order valence-corrected chi connectivity index (χ0v) is 14.6. The van der Waals surface area contributed by atoms with Gasteiger partial charge in [0.05, 0.1) is 17.3 Å². The zero-order chi connectivity index (χ0) is 16.5. The third-order valence-corrected chi connectivity index (χ3v) is 3.19. The van der Waals surface area contributed by atoms with Gasteiger partial charge < -0.3 is 18.9 Å². The first-order valence-corrected chi connectivity index (χ1v) is 8.19. The third kappa shape index (κ3) is 5.60. The van der Waals surface area contributed by atoms with E-state index in [0.717, 1.165) is 0 Å². The fraction of sp³-hybridized carbons (Fsp3) is 0.333. The number of hydrogen-bond donors (Lipinski definition) is 1. The highest BCUT2D eigenvalue weighted by atomic mass is 79.9. The van der Waals surface area contributed by atoms with E-state index in [2.05, 4.69) is 46.7 Å². The van der Waals surface area contributed by atoms with Crippen LogP contribution in [0.3, 0.4) is 0 Å². The van der Waals surface area contributed by atoms with Crippen LogP contribution in [0.15, 0.2) is 21.2 Å². The van der Waals surface area contributed by atoms with Crippen LogP contribution in [0.4, 0.5) is 0 Å². The molecule has 0 atom stereocenters. The van der Waals surface area contributed by atoms with Crippen LogP contribution in [0.5, 0.6) is 0 Å². The van der Waals surface area contributed by atoms with Gasteiger partial charge in [-0.2, -0.15) is 0 Å². The van der Waals surface area contributed by atoms with Gasteiger partial charge in [0.15, 0.2) is 11.4 Å². The van der Waals surface area contributed by atoms with Gasteiger partial charge in [-0.05, 0) is 6.92 Å². The smallest absolute Gasteiger partial charge is 0.360 e. The summed E-state index contributed by atoms with van der Waals surface area (Å²) in [4.78, 5) is 21.2. The molecule has 1 N–H and O–H groups in total. The molecule has 0 radical (unpaired) electrons. The van der Waals surface area contributed by atoms with E-state index in [0.29, 0.717) is 28.8 Å². The average Bonchev–Trinajstić information content (AvgIpc) is 3.17. The summed E-state index contributed by atoms with van der Waals surface area (Å²) in [5.41, 5.74) is 0.153. The van der Waals surface area contributed by atoms with Gasteiger partial charge in [-0.1, -0.05) is 42.2 Å². The monoisotopic (exact) mass is 438 g/mol. The number of rotatable bonds is 5. The highest BCUT2D eigenvalue weighted by Gasteiger charge is 2.12. The van der Waals surface area contributed by atoms with Crippen LogP contribution in [0.1, 0.15) is 39.4 Å². The van der Waals surface area contributed by atoms with E-state index in [-0.39, 0.29) is 11.4 Å². The van der Waals surface area contributed by atoms with Gasteiger partial charge in [-0.3, -0.25) is 0 Å². The molecule has 10 heteroatoms. The number of esters is 1. The lowest BCUT2D eigenvalue weighted by Crippen LogP contribution is -2.04. The lowest BCUT2D eigenvalue weighted by Gasteiger charge is -1.94. The SMILES string of the molecule is CCOC(=O)c1cc(CBr)on1.O=C(O)c1cc(CBr)on1. The number of aromatic carboxylic acids is 1. The molecule has 0 saturated heterocycles. The Morgan fingerprint density at radius 2 is 1.64 bits per heavy atom. The van der Waals surface area contributed by atoms with Crippen LogP contribution >= 0.6 is 31.9 Å². The molecule has 120 valence electrons. The van der Waals surface area contributed by atoms with Crippen LogP contribution in [0, 0.1) is 0 Å². The Morgan fingerprint density at radius 3 is 2.00 bits per heavy atom. The largest absolute Gasteiger partial charge is 0.476 e. The van der Waals surface area contributed by atoms with E-state index < -0.39 is 11.9 Å². The lowest BCUT2D eigenvalue weighted by molar-refractivity contribution is 0.0514. The summed E-state index contributed by atoms with van der Waals surface area (Å²) in [5.74, 6) is -0.403. The average molecular weight is 440 g/mol. The molecule has 0 aliphatic heterocycles. The van der Waals surface area contributed by atoms with E-state index in [1.807, 2.05) is 0 Å². The summed E-state index contributed by atoms with van der Waals surface area (Å²) in [6, 6.07) is 2.92. The van der Waals surface area contributed by atoms with Crippen LogP contribution < -0.4 is 0 Å². The Labute approximate surface area is 142 Å². The minimum absolute atomic E-state index is 0.0607. The van der Waals surface area contributed by atoms with Crippen molar-refractivity contribution >= 4 is 43.8 Å². The number of halogens is 2. The molecule has 0 amide bonds. The van der Waals surface area contributed by atoms with E-state index in [1.54, 1.807) is 13.0 Å². The molecule has 8 nitrogen and oxygen atoms in total. The van der Waals surface area contributed by atoms with Crippen molar-refractivity contribution in [2.45, 2.75) is 17.6 Å². The molecule has 22 heavy (non-hydrogen) atoms. The van der Waals surface area contributed by atoms with Crippen molar-refractivity contribution < 1.29 is 28.5 Å².